The number of aromatic carboxylic acids is 1. The van der Waals surface area contributed by atoms with E-state index in [9.17, 15) is 9.59 Å². The highest BCUT2D eigenvalue weighted by Gasteiger charge is 2.26. The molecule has 0 bridgehead atoms. The summed E-state index contributed by atoms with van der Waals surface area (Å²) in [6.07, 6.45) is 1.64. The normalized spacial score (nSPS) is 16.7. The Labute approximate surface area is 142 Å². The minimum absolute atomic E-state index is 0.0794. The zero-order valence-corrected chi connectivity index (χ0v) is 14.4. The number of benzene rings is 1. The van der Waals surface area contributed by atoms with Crippen molar-refractivity contribution in [3.8, 4) is 5.75 Å². The zero-order chi connectivity index (χ0) is 17.7. The molecular formula is C18H25NO5. The Morgan fingerprint density at radius 1 is 1.25 bits per heavy atom. The molecule has 1 unspecified atom stereocenters. The minimum Gasteiger partial charge on any atom is -0.489 e. The first-order valence-electron chi connectivity index (χ1n) is 8.31. The van der Waals surface area contributed by atoms with Crippen LogP contribution in [-0.2, 0) is 9.53 Å². The smallest absolute Gasteiger partial charge is 0.335 e. The van der Waals surface area contributed by atoms with E-state index in [-0.39, 0.29) is 29.4 Å². The van der Waals surface area contributed by atoms with Crippen LogP contribution in [-0.4, -0.2) is 36.3 Å². The number of amides is 1. The second-order valence-electron chi connectivity index (χ2n) is 6.41. The lowest BCUT2D eigenvalue weighted by Gasteiger charge is -2.27. The highest BCUT2D eigenvalue weighted by molar-refractivity contribution is 5.96. The summed E-state index contributed by atoms with van der Waals surface area (Å²) in [6, 6.07) is 4.49. The van der Waals surface area contributed by atoms with Gasteiger partial charge in [0.15, 0.2) is 0 Å². The van der Waals surface area contributed by atoms with Crippen molar-refractivity contribution < 1.29 is 24.2 Å². The van der Waals surface area contributed by atoms with Gasteiger partial charge in [0, 0.05) is 19.1 Å². The second kappa shape index (κ2) is 8.15. The molecule has 24 heavy (non-hydrogen) atoms. The Kier molecular flexibility index (Phi) is 6.20. The molecule has 1 fully saturated rings. The van der Waals surface area contributed by atoms with Gasteiger partial charge in [-0.15, -0.1) is 0 Å². The van der Waals surface area contributed by atoms with Crippen LogP contribution in [0.5, 0.6) is 5.75 Å². The number of carboxylic acid groups (broad SMARTS) is 1. The van der Waals surface area contributed by atoms with E-state index in [2.05, 4.69) is 5.32 Å². The monoisotopic (exact) mass is 335 g/mol. The van der Waals surface area contributed by atoms with Crippen molar-refractivity contribution in [3.05, 3.63) is 23.8 Å². The molecule has 1 aromatic rings. The molecule has 0 saturated carbocycles. The van der Waals surface area contributed by atoms with E-state index in [0.29, 0.717) is 24.7 Å². The van der Waals surface area contributed by atoms with Gasteiger partial charge in [-0.05, 0) is 50.8 Å². The predicted molar refractivity (Wildman–Crippen MR) is 90.5 cm³/mol. The molecule has 1 aliphatic heterocycles. The van der Waals surface area contributed by atoms with Gasteiger partial charge in [0.25, 0.3) is 0 Å². The van der Waals surface area contributed by atoms with Crippen LogP contribution < -0.4 is 10.1 Å². The molecule has 1 atom stereocenters. The van der Waals surface area contributed by atoms with Crippen LogP contribution in [0.3, 0.4) is 0 Å². The fourth-order valence-corrected chi connectivity index (χ4v) is 2.79. The van der Waals surface area contributed by atoms with Gasteiger partial charge in [-0.25, -0.2) is 4.79 Å². The number of carboxylic acids is 1. The van der Waals surface area contributed by atoms with Crippen LogP contribution in [0.4, 0.5) is 5.69 Å². The summed E-state index contributed by atoms with van der Waals surface area (Å²) in [4.78, 5) is 23.8. The summed E-state index contributed by atoms with van der Waals surface area (Å²) < 4.78 is 11.0. The van der Waals surface area contributed by atoms with Gasteiger partial charge in [-0.2, -0.15) is 0 Å². The van der Waals surface area contributed by atoms with Crippen molar-refractivity contribution in [2.75, 3.05) is 18.5 Å². The summed E-state index contributed by atoms with van der Waals surface area (Å²) in [7, 11) is 0. The molecule has 6 heteroatoms. The fraction of sp³-hybridized carbons (Fsp3) is 0.556. The van der Waals surface area contributed by atoms with Crippen molar-refractivity contribution in [1.82, 2.24) is 0 Å². The fourth-order valence-electron chi connectivity index (χ4n) is 2.79. The first kappa shape index (κ1) is 18.3. The Balaban J connectivity index is 2.17. The van der Waals surface area contributed by atoms with E-state index in [1.54, 1.807) is 6.07 Å². The van der Waals surface area contributed by atoms with Gasteiger partial charge < -0.3 is 19.9 Å². The number of nitrogens with one attached hydrogen (secondary N) is 1. The van der Waals surface area contributed by atoms with E-state index < -0.39 is 5.97 Å². The SMILES string of the molecule is CC(C)Oc1ccc(C(=O)O)cc1NC(=O)C(C)C1CCOCC1. The lowest BCUT2D eigenvalue weighted by Crippen LogP contribution is -2.31. The van der Waals surface area contributed by atoms with Crippen LogP contribution >= 0.6 is 0 Å². The van der Waals surface area contributed by atoms with Crippen LogP contribution in [0.2, 0.25) is 0 Å². The predicted octanol–water partition coefficient (Wildman–Crippen LogP) is 3.17. The molecule has 0 radical (unpaired) electrons. The maximum Gasteiger partial charge on any atom is 0.335 e. The number of hydrogen-bond acceptors (Lipinski definition) is 4. The van der Waals surface area contributed by atoms with Gasteiger partial charge in [-0.3, -0.25) is 4.79 Å². The van der Waals surface area contributed by atoms with Gasteiger partial charge in [-0.1, -0.05) is 6.92 Å². The molecular weight excluding hydrogens is 310 g/mol. The van der Waals surface area contributed by atoms with E-state index in [1.807, 2.05) is 20.8 Å². The van der Waals surface area contributed by atoms with Gasteiger partial charge in [0.1, 0.15) is 5.75 Å². The second-order valence-corrected chi connectivity index (χ2v) is 6.41. The van der Waals surface area contributed by atoms with Crippen LogP contribution in [0.1, 0.15) is 44.0 Å². The molecule has 0 aliphatic carbocycles. The molecule has 1 heterocycles. The minimum atomic E-state index is -1.04. The summed E-state index contributed by atoms with van der Waals surface area (Å²) in [5.74, 6) is -0.593. The number of carbonyl (C=O) groups excluding carboxylic acids is 1. The molecule has 0 aromatic heterocycles. The van der Waals surface area contributed by atoms with Gasteiger partial charge in [0.2, 0.25) is 5.91 Å². The zero-order valence-electron chi connectivity index (χ0n) is 14.4. The third-order valence-electron chi connectivity index (χ3n) is 4.23. The highest BCUT2D eigenvalue weighted by Crippen LogP contribution is 2.30. The molecule has 2 N–H and O–H groups in total. The van der Waals surface area contributed by atoms with Crippen LogP contribution in [0.25, 0.3) is 0 Å². The lowest BCUT2D eigenvalue weighted by atomic mass is 9.86. The average molecular weight is 335 g/mol. The molecule has 1 saturated heterocycles. The largest absolute Gasteiger partial charge is 0.489 e. The molecule has 2 rings (SSSR count). The number of carbonyl (C=O) groups is 2. The molecule has 1 amide bonds. The Hall–Kier alpha value is -2.08. The first-order valence-corrected chi connectivity index (χ1v) is 8.31. The maximum atomic E-state index is 12.6. The topological polar surface area (TPSA) is 84.9 Å². The average Bonchev–Trinajstić information content (AvgIpc) is 2.55. The molecule has 1 aromatic carbocycles. The van der Waals surface area contributed by atoms with Crippen molar-refractivity contribution in [2.45, 2.75) is 39.7 Å². The maximum absolute atomic E-state index is 12.6. The van der Waals surface area contributed by atoms with E-state index in [4.69, 9.17) is 14.6 Å². The van der Waals surface area contributed by atoms with Gasteiger partial charge in [0.05, 0.1) is 17.4 Å². The highest BCUT2D eigenvalue weighted by atomic mass is 16.5. The summed E-state index contributed by atoms with van der Waals surface area (Å²) >= 11 is 0. The Morgan fingerprint density at radius 2 is 1.92 bits per heavy atom. The summed E-state index contributed by atoms with van der Waals surface area (Å²) in [5.41, 5.74) is 0.507. The molecule has 6 nitrogen and oxygen atoms in total. The van der Waals surface area contributed by atoms with E-state index in [1.165, 1.54) is 12.1 Å². The summed E-state index contributed by atoms with van der Waals surface area (Å²) in [6.45, 7) is 7.01. The number of anilines is 1. The third-order valence-corrected chi connectivity index (χ3v) is 4.23. The third kappa shape index (κ3) is 4.71. The number of ether oxygens (including phenoxy) is 2. The Morgan fingerprint density at radius 3 is 2.50 bits per heavy atom. The van der Waals surface area contributed by atoms with Crippen LogP contribution in [0, 0.1) is 11.8 Å². The molecule has 132 valence electrons. The van der Waals surface area contributed by atoms with Crippen molar-refractivity contribution in [2.24, 2.45) is 11.8 Å². The first-order chi connectivity index (χ1) is 11.4. The van der Waals surface area contributed by atoms with Crippen molar-refractivity contribution in [1.29, 1.82) is 0 Å². The Bertz CT molecular complexity index is 593. The summed E-state index contributed by atoms with van der Waals surface area (Å²) in [5, 5.41) is 12.0. The number of hydrogen-bond donors (Lipinski definition) is 2. The van der Waals surface area contributed by atoms with Crippen molar-refractivity contribution in [3.63, 3.8) is 0 Å². The van der Waals surface area contributed by atoms with Gasteiger partial charge >= 0.3 is 5.97 Å². The molecule has 0 spiro atoms. The van der Waals surface area contributed by atoms with Crippen molar-refractivity contribution >= 4 is 17.6 Å². The quantitative estimate of drug-likeness (QED) is 0.834. The molecule has 1 aliphatic rings. The van der Waals surface area contributed by atoms with Crippen LogP contribution in [0.15, 0.2) is 18.2 Å². The standard InChI is InChI=1S/C18H25NO5/c1-11(2)24-16-5-4-14(18(21)22)10-15(16)19-17(20)12(3)13-6-8-23-9-7-13/h4-5,10-13H,6-9H2,1-3H3,(H,19,20)(H,21,22). The number of rotatable bonds is 6. The lowest BCUT2D eigenvalue weighted by molar-refractivity contribution is -0.122. The van der Waals surface area contributed by atoms with E-state index in [0.717, 1.165) is 12.8 Å². The van der Waals surface area contributed by atoms with E-state index >= 15 is 0 Å².